The summed E-state index contributed by atoms with van der Waals surface area (Å²) in [4.78, 5) is 2.48. The van der Waals surface area contributed by atoms with Crippen LogP contribution in [0.1, 0.15) is 12.5 Å². The van der Waals surface area contributed by atoms with Crippen LogP contribution in [0.15, 0.2) is 22.7 Å². The van der Waals surface area contributed by atoms with Crippen LogP contribution in [0.25, 0.3) is 0 Å². The fourth-order valence-corrected chi connectivity index (χ4v) is 2.44. The molecule has 0 aromatic heterocycles. The van der Waals surface area contributed by atoms with Crippen LogP contribution in [-0.4, -0.2) is 30.6 Å². The van der Waals surface area contributed by atoms with Gasteiger partial charge in [-0.2, -0.15) is 0 Å². The monoisotopic (exact) mass is 302 g/mol. The Labute approximate surface area is 110 Å². The van der Waals surface area contributed by atoms with Crippen molar-refractivity contribution >= 4 is 27.5 Å². The number of benzene rings is 1. The van der Waals surface area contributed by atoms with Crippen molar-refractivity contribution in [2.75, 3.05) is 19.6 Å². The zero-order chi connectivity index (χ0) is 11.5. The minimum atomic E-state index is 0.594. The van der Waals surface area contributed by atoms with Crippen LogP contribution >= 0.6 is 27.5 Å². The summed E-state index contributed by atoms with van der Waals surface area (Å²) in [5, 5.41) is 4.19. The number of piperazine rings is 1. The van der Waals surface area contributed by atoms with Crippen molar-refractivity contribution in [2.24, 2.45) is 0 Å². The normalized spacial score (nSPS) is 22.3. The van der Waals surface area contributed by atoms with E-state index in [4.69, 9.17) is 11.6 Å². The Morgan fingerprint density at radius 3 is 3.06 bits per heavy atom. The molecule has 2 rings (SSSR count). The molecule has 0 radical (unpaired) electrons. The van der Waals surface area contributed by atoms with Crippen molar-refractivity contribution in [3.63, 3.8) is 0 Å². The van der Waals surface area contributed by atoms with E-state index in [1.165, 1.54) is 5.56 Å². The van der Waals surface area contributed by atoms with Crippen LogP contribution in [0.5, 0.6) is 0 Å². The van der Waals surface area contributed by atoms with Gasteiger partial charge < -0.3 is 5.32 Å². The molecule has 1 fully saturated rings. The number of hydrogen-bond donors (Lipinski definition) is 1. The van der Waals surface area contributed by atoms with Gasteiger partial charge in [0.05, 0.1) is 5.02 Å². The number of rotatable bonds is 2. The van der Waals surface area contributed by atoms with Crippen LogP contribution in [0.4, 0.5) is 0 Å². The number of nitrogens with zero attached hydrogens (tertiary/aromatic N) is 1. The van der Waals surface area contributed by atoms with Gasteiger partial charge in [0.25, 0.3) is 0 Å². The molecular weight excluding hydrogens is 288 g/mol. The van der Waals surface area contributed by atoms with Crippen molar-refractivity contribution < 1.29 is 0 Å². The molecule has 1 N–H and O–H groups in total. The smallest absolute Gasteiger partial charge is 0.0551 e. The van der Waals surface area contributed by atoms with Gasteiger partial charge in [0.2, 0.25) is 0 Å². The standard InChI is InChI=1S/C12H16BrClN2/c1-9-7-15-4-5-16(9)8-10-2-3-11(13)12(14)6-10/h2-3,6,9,15H,4-5,7-8H2,1H3/t9-/m0/s1. The van der Waals surface area contributed by atoms with E-state index in [9.17, 15) is 0 Å². The van der Waals surface area contributed by atoms with Crippen molar-refractivity contribution in [3.05, 3.63) is 33.3 Å². The summed E-state index contributed by atoms with van der Waals surface area (Å²) in [7, 11) is 0. The lowest BCUT2D eigenvalue weighted by Gasteiger charge is -2.33. The Morgan fingerprint density at radius 2 is 2.38 bits per heavy atom. The van der Waals surface area contributed by atoms with E-state index in [2.05, 4.69) is 39.1 Å². The first-order valence-electron chi connectivity index (χ1n) is 5.55. The van der Waals surface area contributed by atoms with Gasteiger partial charge >= 0.3 is 0 Å². The fourth-order valence-electron chi connectivity index (χ4n) is 1.99. The van der Waals surface area contributed by atoms with E-state index in [0.29, 0.717) is 6.04 Å². The Balaban J connectivity index is 2.05. The summed E-state index contributed by atoms with van der Waals surface area (Å²) in [6.45, 7) is 6.50. The predicted molar refractivity (Wildman–Crippen MR) is 71.9 cm³/mol. The third-order valence-corrected chi connectivity index (χ3v) is 4.24. The highest BCUT2D eigenvalue weighted by molar-refractivity contribution is 9.10. The Morgan fingerprint density at radius 1 is 1.56 bits per heavy atom. The molecule has 1 aliphatic rings. The molecule has 0 aliphatic carbocycles. The van der Waals surface area contributed by atoms with E-state index in [1.807, 2.05) is 12.1 Å². The van der Waals surface area contributed by atoms with Crippen molar-refractivity contribution in [1.29, 1.82) is 0 Å². The highest BCUT2D eigenvalue weighted by Gasteiger charge is 2.17. The van der Waals surface area contributed by atoms with Crippen LogP contribution in [0.2, 0.25) is 5.02 Å². The molecule has 88 valence electrons. The quantitative estimate of drug-likeness (QED) is 0.904. The van der Waals surface area contributed by atoms with Gasteiger partial charge in [-0.3, -0.25) is 4.90 Å². The fraction of sp³-hybridized carbons (Fsp3) is 0.500. The van der Waals surface area contributed by atoms with Gasteiger partial charge in [0, 0.05) is 36.7 Å². The molecule has 1 atom stereocenters. The summed E-state index contributed by atoms with van der Waals surface area (Å²) in [5.41, 5.74) is 1.28. The Hall–Kier alpha value is -0.0900. The van der Waals surface area contributed by atoms with Crippen LogP contribution in [-0.2, 0) is 6.54 Å². The lowest BCUT2D eigenvalue weighted by molar-refractivity contribution is 0.165. The molecule has 1 saturated heterocycles. The van der Waals surface area contributed by atoms with Crippen molar-refractivity contribution in [3.8, 4) is 0 Å². The second-order valence-corrected chi connectivity index (χ2v) is 5.53. The maximum Gasteiger partial charge on any atom is 0.0551 e. The zero-order valence-electron chi connectivity index (χ0n) is 9.34. The first-order chi connectivity index (χ1) is 7.66. The first-order valence-corrected chi connectivity index (χ1v) is 6.72. The lowest BCUT2D eigenvalue weighted by atomic mass is 10.1. The average molecular weight is 304 g/mol. The SMILES string of the molecule is C[C@H]1CNCCN1Cc1ccc(Br)c(Cl)c1. The van der Waals surface area contributed by atoms with E-state index < -0.39 is 0 Å². The van der Waals surface area contributed by atoms with Crippen molar-refractivity contribution in [1.82, 2.24) is 10.2 Å². The minimum Gasteiger partial charge on any atom is -0.314 e. The predicted octanol–water partition coefficient (Wildman–Crippen LogP) is 2.90. The van der Waals surface area contributed by atoms with E-state index in [0.717, 1.165) is 35.7 Å². The van der Waals surface area contributed by atoms with Crippen LogP contribution in [0.3, 0.4) is 0 Å². The second kappa shape index (κ2) is 5.50. The molecule has 1 aromatic carbocycles. The number of halogens is 2. The van der Waals surface area contributed by atoms with Gasteiger partial charge in [-0.05, 0) is 40.5 Å². The first kappa shape index (κ1) is 12.4. The molecule has 0 bridgehead atoms. The van der Waals surface area contributed by atoms with Gasteiger partial charge in [-0.15, -0.1) is 0 Å². The minimum absolute atomic E-state index is 0.594. The Kier molecular flexibility index (Phi) is 4.25. The van der Waals surface area contributed by atoms with Gasteiger partial charge in [0.1, 0.15) is 0 Å². The summed E-state index contributed by atoms with van der Waals surface area (Å²) in [6.07, 6.45) is 0. The van der Waals surface area contributed by atoms with E-state index in [1.54, 1.807) is 0 Å². The van der Waals surface area contributed by atoms with E-state index >= 15 is 0 Å². The van der Waals surface area contributed by atoms with Gasteiger partial charge in [0.15, 0.2) is 0 Å². The molecule has 0 amide bonds. The molecule has 4 heteroatoms. The topological polar surface area (TPSA) is 15.3 Å². The van der Waals surface area contributed by atoms with Gasteiger partial charge in [-0.1, -0.05) is 17.7 Å². The summed E-state index contributed by atoms with van der Waals surface area (Å²) >= 11 is 9.50. The summed E-state index contributed by atoms with van der Waals surface area (Å²) in [6, 6.07) is 6.78. The van der Waals surface area contributed by atoms with Crippen molar-refractivity contribution in [2.45, 2.75) is 19.5 Å². The summed E-state index contributed by atoms with van der Waals surface area (Å²) in [5.74, 6) is 0. The number of hydrogen-bond acceptors (Lipinski definition) is 2. The molecule has 1 aromatic rings. The third-order valence-electron chi connectivity index (χ3n) is 3.01. The highest BCUT2D eigenvalue weighted by Crippen LogP contribution is 2.24. The molecule has 0 spiro atoms. The lowest BCUT2D eigenvalue weighted by Crippen LogP contribution is -2.49. The molecular formula is C12H16BrClN2. The average Bonchev–Trinajstić information content (AvgIpc) is 2.27. The molecule has 1 heterocycles. The molecule has 1 aliphatic heterocycles. The van der Waals surface area contributed by atoms with E-state index in [-0.39, 0.29) is 0 Å². The highest BCUT2D eigenvalue weighted by atomic mass is 79.9. The zero-order valence-corrected chi connectivity index (χ0v) is 11.7. The second-order valence-electron chi connectivity index (χ2n) is 4.27. The Bertz CT molecular complexity index is 370. The largest absolute Gasteiger partial charge is 0.314 e. The molecule has 2 nitrogen and oxygen atoms in total. The maximum atomic E-state index is 6.09. The number of nitrogens with one attached hydrogen (secondary N) is 1. The van der Waals surface area contributed by atoms with Gasteiger partial charge in [-0.25, -0.2) is 0 Å². The summed E-state index contributed by atoms with van der Waals surface area (Å²) < 4.78 is 0.964. The maximum absolute atomic E-state index is 6.09. The third kappa shape index (κ3) is 2.98. The molecule has 0 unspecified atom stereocenters. The molecule has 16 heavy (non-hydrogen) atoms. The molecule has 0 saturated carbocycles. The van der Waals surface area contributed by atoms with Crippen LogP contribution in [0, 0.1) is 0 Å². The van der Waals surface area contributed by atoms with Crippen LogP contribution < -0.4 is 5.32 Å².